The number of rotatable bonds is 0. The average Bonchev–Trinajstić information content (AvgIpc) is 1.95. The van der Waals surface area contributed by atoms with Gasteiger partial charge in [0.15, 0.2) is 0 Å². The molecule has 1 radical (unpaired) electrons. The largest absolute Gasteiger partial charge is 1.00 e. The third-order valence-corrected chi connectivity index (χ3v) is 2.56. The fourth-order valence-electron chi connectivity index (χ4n) is 1.41. The van der Waals surface area contributed by atoms with Gasteiger partial charge in [-0.3, -0.25) is 6.08 Å². The normalized spacial score (nSPS) is 18.1. The molecule has 0 saturated heterocycles. The Labute approximate surface area is 116 Å². The number of halogens is 2. The van der Waals surface area contributed by atoms with E-state index in [1.54, 1.807) is 0 Å². The summed E-state index contributed by atoms with van der Waals surface area (Å²) < 4.78 is 0. The summed E-state index contributed by atoms with van der Waals surface area (Å²) in [5.74, 6) is 0. The zero-order valence-electron chi connectivity index (χ0n) is 8.67. The van der Waals surface area contributed by atoms with Gasteiger partial charge in [-0.25, -0.2) is 5.57 Å². The second-order valence-electron chi connectivity index (χ2n) is 3.62. The molecule has 0 saturated carbocycles. The molecule has 1 aliphatic rings. The minimum Gasteiger partial charge on any atom is -0.263 e. The molecular formula is C10H17Br2Ru. The molecule has 0 N–H and O–H groups in total. The van der Waals surface area contributed by atoms with Crippen molar-refractivity contribution in [2.45, 2.75) is 34.6 Å². The van der Waals surface area contributed by atoms with E-state index >= 15 is 0 Å². The van der Waals surface area contributed by atoms with Gasteiger partial charge in [0.05, 0.1) is 0 Å². The van der Waals surface area contributed by atoms with E-state index < -0.39 is 0 Å². The van der Waals surface area contributed by atoms with Crippen molar-refractivity contribution in [3.05, 3.63) is 22.8 Å². The van der Waals surface area contributed by atoms with Crippen LogP contribution in [0.5, 0.6) is 0 Å². The summed E-state index contributed by atoms with van der Waals surface area (Å²) in [6, 6.07) is 0. The summed E-state index contributed by atoms with van der Waals surface area (Å²) in [6.07, 6.45) is 3.44. The van der Waals surface area contributed by atoms with Crippen molar-refractivity contribution in [3.8, 4) is 0 Å². The minimum absolute atomic E-state index is 0. The van der Waals surface area contributed by atoms with Gasteiger partial charge in [-0.2, -0.15) is 11.1 Å². The quantitative estimate of drug-likeness (QED) is 0.423. The Morgan fingerprint density at radius 1 is 1.00 bits per heavy atom. The van der Waals surface area contributed by atoms with E-state index in [4.69, 9.17) is 0 Å². The molecule has 1 aliphatic carbocycles. The SMILES string of the molecule is Br.Br.CC1=[C-]C(C)(C)C(C)=C1C.[Ru+]. The Morgan fingerprint density at radius 2 is 1.38 bits per heavy atom. The molecule has 0 heterocycles. The third kappa shape index (κ3) is 3.97. The van der Waals surface area contributed by atoms with E-state index in [-0.39, 0.29) is 58.9 Å². The van der Waals surface area contributed by atoms with Gasteiger partial charge < -0.3 is 0 Å². The molecule has 0 bridgehead atoms. The molecule has 0 aromatic heterocycles. The maximum atomic E-state index is 3.44. The zero-order valence-corrected chi connectivity index (χ0v) is 13.8. The molecular weight excluding hydrogens is 381 g/mol. The van der Waals surface area contributed by atoms with Gasteiger partial charge in [-0.1, -0.05) is 33.1 Å². The van der Waals surface area contributed by atoms with Crippen molar-refractivity contribution < 1.29 is 19.5 Å². The predicted molar refractivity (Wildman–Crippen MR) is 65.2 cm³/mol. The van der Waals surface area contributed by atoms with Crippen LogP contribution in [-0.2, 0) is 19.5 Å². The number of hydrogen-bond acceptors (Lipinski definition) is 0. The molecule has 3 heteroatoms. The summed E-state index contributed by atoms with van der Waals surface area (Å²) in [5.41, 5.74) is 4.39. The summed E-state index contributed by atoms with van der Waals surface area (Å²) in [7, 11) is 0. The molecule has 0 atom stereocenters. The van der Waals surface area contributed by atoms with Crippen molar-refractivity contribution in [2.75, 3.05) is 0 Å². The van der Waals surface area contributed by atoms with Crippen LogP contribution in [0.4, 0.5) is 0 Å². The number of hydrogen-bond donors (Lipinski definition) is 0. The van der Waals surface area contributed by atoms with Gasteiger partial charge in [0.1, 0.15) is 0 Å². The smallest absolute Gasteiger partial charge is 0.263 e. The molecule has 0 spiro atoms. The molecule has 0 nitrogen and oxygen atoms in total. The molecule has 79 valence electrons. The molecule has 0 fully saturated rings. The first-order valence-corrected chi connectivity index (χ1v) is 3.75. The third-order valence-electron chi connectivity index (χ3n) is 2.56. The molecule has 0 amide bonds. The van der Waals surface area contributed by atoms with E-state index in [1.165, 1.54) is 16.7 Å². The predicted octanol–water partition coefficient (Wildman–Crippen LogP) is 4.27. The van der Waals surface area contributed by atoms with Crippen molar-refractivity contribution in [3.63, 3.8) is 0 Å². The Balaban J connectivity index is -0.000000333. The minimum atomic E-state index is 0. The summed E-state index contributed by atoms with van der Waals surface area (Å²) in [6.45, 7) is 10.9. The van der Waals surface area contributed by atoms with Crippen molar-refractivity contribution in [1.29, 1.82) is 0 Å². The second-order valence-corrected chi connectivity index (χ2v) is 3.62. The summed E-state index contributed by atoms with van der Waals surface area (Å²) in [4.78, 5) is 0. The van der Waals surface area contributed by atoms with Gasteiger partial charge in [0, 0.05) is 0 Å². The van der Waals surface area contributed by atoms with Gasteiger partial charge in [0.25, 0.3) is 0 Å². The number of allylic oxidation sites excluding steroid dienone is 4. The molecule has 0 aromatic rings. The van der Waals surface area contributed by atoms with Crippen LogP contribution in [0.25, 0.3) is 0 Å². The van der Waals surface area contributed by atoms with Gasteiger partial charge >= 0.3 is 19.5 Å². The van der Waals surface area contributed by atoms with E-state index in [0.29, 0.717) is 0 Å². The fraction of sp³-hybridized carbons (Fsp3) is 0.600. The van der Waals surface area contributed by atoms with Crippen molar-refractivity contribution in [1.82, 2.24) is 0 Å². The van der Waals surface area contributed by atoms with E-state index in [0.717, 1.165) is 0 Å². The van der Waals surface area contributed by atoms with Gasteiger partial charge in [0.2, 0.25) is 0 Å². The fourth-order valence-corrected chi connectivity index (χ4v) is 1.41. The summed E-state index contributed by atoms with van der Waals surface area (Å²) in [5, 5.41) is 0. The average molecular weight is 398 g/mol. The molecule has 0 aliphatic heterocycles. The second kappa shape index (κ2) is 6.53. The molecule has 13 heavy (non-hydrogen) atoms. The van der Waals surface area contributed by atoms with Crippen LogP contribution in [0.1, 0.15) is 34.6 Å². The monoisotopic (exact) mass is 397 g/mol. The van der Waals surface area contributed by atoms with E-state index in [2.05, 4.69) is 40.7 Å². The maximum Gasteiger partial charge on any atom is 1.00 e. The first kappa shape index (κ1) is 19.6. The molecule has 1 rings (SSSR count). The maximum absolute atomic E-state index is 3.44. The first-order valence-electron chi connectivity index (χ1n) is 3.75. The Bertz CT molecular complexity index is 227. The first-order chi connectivity index (χ1) is 4.45. The zero-order chi connectivity index (χ0) is 7.94. The Hall–Kier alpha value is 1.06. The van der Waals surface area contributed by atoms with E-state index in [9.17, 15) is 0 Å². The van der Waals surface area contributed by atoms with Crippen molar-refractivity contribution >= 4 is 34.0 Å². The molecule has 0 aromatic carbocycles. The summed E-state index contributed by atoms with van der Waals surface area (Å²) >= 11 is 0. The van der Waals surface area contributed by atoms with Crippen LogP contribution < -0.4 is 0 Å². The topological polar surface area (TPSA) is 0 Å². The van der Waals surface area contributed by atoms with E-state index in [1.807, 2.05) is 0 Å². The van der Waals surface area contributed by atoms with Crippen molar-refractivity contribution in [2.24, 2.45) is 5.41 Å². The van der Waals surface area contributed by atoms with Crippen LogP contribution in [-0.4, -0.2) is 0 Å². The Morgan fingerprint density at radius 3 is 1.46 bits per heavy atom. The van der Waals surface area contributed by atoms with Gasteiger partial charge in [-0.05, 0) is 0 Å². The van der Waals surface area contributed by atoms with Crippen LogP contribution in [0.15, 0.2) is 16.7 Å². The van der Waals surface area contributed by atoms with Gasteiger partial charge in [-0.15, -0.1) is 40.9 Å². The van der Waals surface area contributed by atoms with Crippen LogP contribution in [0, 0.1) is 11.5 Å². The van der Waals surface area contributed by atoms with Crippen LogP contribution in [0.3, 0.4) is 0 Å². The van der Waals surface area contributed by atoms with Crippen LogP contribution >= 0.6 is 34.0 Å². The Kier molecular flexibility index (Phi) is 9.85. The van der Waals surface area contributed by atoms with Crippen LogP contribution in [0.2, 0.25) is 0 Å². The standard InChI is InChI=1S/C10H15.2BrH.Ru/c1-7-6-10(4,5)9(3)8(7)2;;;/h1-5H3;2*1H;/q-1;;;+1. The molecule has 0 unspecified atom stereocenters.